The Balaban J connectivity index is 1.96. The summed E-state index contributed by atoms with van der Waals surface area (Å²) in [5, 5.41) is 11.1. The van der Waals surface area contributed by atoms with Crippen molar-refractivity contribution in [1.82, 2.24) is 4.98 Å². The number of aryl methyl sites for hydroxylation is 1. The Bertz CT molecular complexity index is 1230. The highest BCUT2D eigenvalue weighted by atomic mass is 19.1. The zero-order chi connectivity index (χ0) is 19.1. The van der Waals surface area contributed by atoms with Crippen LogP contribution < -0.4 is 5.56 Å². The molecule has 0 atom stereocenters. The van der Waals surface area contributed by atoms with E-state index in [2.05, 4.69) is 4.98 Å². The fourth-order valence-electron chi connectivity index (χ4n) is 3.22. The molecule has 0 unspecified atom stereocenters. The van der Waals surface area contributed by atoms with Crippen molar-refractivity contribution in [2.75, 3.05) is 0 Å². The number of aromatic amines is 1. The lowest BCUT2D eigenvalue weighted by molar-refractivity contribution is 0.482. The van der Waals surface area contributed by atoms with Gasteiger partial charge in [-0.05, 0) is 65.6 Å². The molecule has 0 radical (unpaired) electrons. The van der Waals surface area contributed by atoms with Crippen LogP contribution in [0.3, 0.4) is 0 Å². The molecule has 134 valence electrons. The maximum absolute atomic E-state index is 13.4. The number of halogens is 2. The molecular formula is C22H15F2NO2. The summed E-state index contributed by atoms with van der Waals surface area (Å²) in [6, 6.07) is 15.3. The van der Waals surface area contributed by atoms with Gasteiger partial charge in [0.1, 0.15) is 17.4 Å². The number of hydrogen-bond acceptors (Lipinski definition) is 2. The number of H-pyrrole nitrogens is 1. The molecule has 0 saturated carbocycles. The van der Waals surface area contributed by atoms with E-state index in [0.29, 0.717) is 10.9 Å². The van der Waals surface area contributed by atoms with Gasteiger partial charge in [0.05, 0.1) is 11.1 Å². The van der Waals surface area contributed by atoms with E-state index in [4.69, 9.17) is 0 Å². The van der Waals surface area contributed by atoms with Crippen LogP contribution in [0.5, 0.6) is 5.75 Å². The molecule has 3 nitrogen and oxygen atoms in total. The van der Waals surface area contributed by atoms with Gasteiger partial charge in [0.25, 0.3) is 5.56 Å². The largest absolute Gasteiger partial charge is 0.506 e. The summed E-state index contributed by atoms with van der Waals surface area (Å²) >= 11 is 0. The Morgan fingerprint density at radius 3 is 2.26 bits per heavy atom. The van der Waals surface area contributed by atoms with Gasteiger partial charge in [0, 0.05) is 5.39 Å². The molecule has 0 spiro atoms. The van der Waals surface area contributed by atoms with Crippen molar-refractivity contribution in [3.63, 3.8) is 0 Å². The molecule has 2 N–H and O–H groups in total. The van der Waals surface area contributed by atoms with Gasteiger partial charge in [-0.15, -0.1) is 0 Å². The Morgan fingerprint density at radius 1 is 0.852 bits per heavy atom. The van der Waals surface area contributed by atoms with E-state index in [1.807, 2.05) is 19.1 Å². The molecular weight excluding hydrogens is 348 g/mol. The molecule has 0 amide bonds. The molecule has 4 aromatic rings. The monoisotopic (exact) mass is 363 g/mol. The van der Waals surface area contributed by atoms with Crippen LogP contribution in [0.25, 0.3) is 33.2 Å². The SMILES string of the molecule is Cc1ccc(-c2ccc(F)cc2)cc1-c1c(O)c2ccc(F)cc2[nH]c1=O. The zero-order valence-electron chi connectivity index (χ0n) is 14.4. The van der Waals surface area contributed by atoms with E-state index in [0.717, 1.165) is 16.7 Å². The highest BCUT2D eigenvalue weighted by Crippen LogP contribution is 2.35. The van der Waals surface area contributed by atoms with Crippen molar-refractivity contribution in [3.8, 4) is 28.0 Å². The second kappa shape index (κ2) is 6.36. The number of pyridine rings is 1. The van der Waals surface area contributed by atoms with Gasteiger partial charge in [0.2, 0.25) is 0 Å². The maximum atomic E-state index is 13.4. The van der Waals surface area contributed by atoms with Crippen LogP contribution in [0.4, 0.5) is 8.78 Å². The summed E-state index contributed by atoms with van der Waals surface area (Å²) in [7, 11) is 0. The van der Waals surface area contributed by atoms with Crippen LogP contribution in [-0.2, 0) is 0 Å². The number of aromatic hydroxyl groups is 1. The van der Waals surface area contributed by atoms with Gasteiger partial charge in [0.15, 0.2) is 0 Å². The highest BCUT2D eigenvalue weighted by Gasteiger charge is 2.17. The summed E-state index contributed by atoms with van der Waals surface area (Å²) in [5.74, 6) is -1.03. The lowest BCUT2D eigenvalue weighted by Crippen LogP contribution is -2.10. The molecule has 3 aromatic carbocycles. The van der Waals surface area contributed by atoms with Crippen LogP contribution in [0.15, 0.2) is 65.5 Å². The smallest absolute Gasteiger partial charge is 0.260 e. The average Bonchev–Trinajstić information content (AvgIpc) is 2.63. The first-order chi connectivity index (χ1) is 12.9. The van der Waals surface area contributed by atoms with Crippen molar-refractivity contribution in [3.05, 3.63) is 88.2 Å². The van der Waals surface area contributed by atoms with Crippen LogP contribution in [0.1, 0.15) is 5.56 Å². The van der Waals surface area contributed by atoms with Gasteiger partial charge in [-0.2, -0.15) is 0 Å². The van der Waals surface area contributed by atoms with Gasteiger partial charge in [-0.1, -0.05) is 24.3 Å². The minimum atomic E-state index is -0.509. The second-order valence-electron chi connectivity index (χ2n) is 6.40. The molecule has 0 aliphatic heterocycles. The quantitative estimate of drug-likeness (QED) is 0.517. The third kappa shape index (κ3) is 2.97. The molecule has 0 bridgehead atoms. The minimum absolute atomic E-state index is 0.121. The first kappa shape index (κ1) is 17.0. The highest BCUT2D eigenvalue weighted by molar-refractivity contribution is 5.92. The summed E-state index contributed by atoms with van der Waals surface area (Å²) in [6.07, 6.45) is 0. The number of aromatic nitrogens is 1. The number of nitrogens with one attached hydrogen (secondary N) is 1. The van der Waals surface area contributed by atoms with Crippen molar-refractivity contribution in [1.29, 1.82) is 0 Å². The third-order valence-corrected chi connectivity index (χ3v) is 4.63. The number of fused-ring (bicyclic) bond motifs is 1. The summed E-state index contributed by atoms with van der Waals surface area (Å²) in [5.41, 5.74) is 2.77. The van der Waals surface area contributed by atoms with Gasteiger partial charge in [-0.3, -0.25) is 4.79 Å². The molecule has 0 aliphatic carbocycles. The molecule has 1 aromatic heterocycles. The average molecular weight is 363 g/mol. The zero-order valence-corrected chi connectivity index (χ0v) is 14.4. The normalized spacial score (nSPS) is 11.1. The molecule has 27 heavy (non-hydrogen) atoms. The van der Waals surface area contributed by atoms with Gasteiger partial charge < -0.3 is 10.1 Å². The van der Waals surface area contributed by atoms with Crippen molar-refractivity contribution < 1.29 is 13.9 Å². The first-order valence-electron chi connectivity index (χ1n) is 8.35. The van der Waals surface area contributed by atoms with E-state index in [-0.39, 0.29) is 22.6 Å². The predicted octanol–water partition coefficient (Wildman–Crippen LogP) is 5.15. The van der Waals surface area contributed by atoms with Gasteiger partial charge >= 0.3 is 0 Å². The molecule has 0 aliphatic rings. The van der Waals surface area contributed by atoms with E-state index in [1.165, 1.54) is 30.3 Å². The number of rotatable bonds is 2. The van der Waals surface area contributed by atoms with Crippen molar-refractivity contribution in [2.45, 2.75) is 6.92 Å². The fourth-order valence-corrected chi connectivity index (χ4v) is 3.22. The van der Waals surface area contributed by atoms with E-state index in [1.54, 1.807) is 18.2 Å². The topological polar surface area (TPSA) is 53.1 Å². The van der Waals surface area contributed by atoms with Crippen LogP contribution in [-0.4, -0.2) is 10.1 Å². The van der Waals surface area contributed by atoms with E-state index < -0.39 is 11.4 Å². The lowest BCUT2D eigenvalue weighted by atomic mass is 9.94. The summed E-state index contributed by atoms with van der Waals surface area (Å²) in [4.78, 5) is 15.3. The Kier molecular flexibility index (Phi) is 4.00. The van der Waals surface area contributed by atoms with Gasteiger partial charge in [-0.25, -0.2) is 8.78 Å². The molecule has 4 rings (SSSR count). The van der Waals surface area contributed by atoms with Crippen molar-refractivity contribution >= 4 is 10.9 Å². The summed E-state index contributed by atoms with van der Waals surface area (Å²) in [6.45, 7) is 1.83. The van der Waals surface area contributed by atoms with Crippen molar-refractivity contribution in [2.24, 2.45) is 0 Å². The van der Waals surface area contributed by atoms with Crippen LogP contribution >= 0.6 is 0 Å². The Morgan fingerprint density at radius 2 is 1.52 bits per heavy atom. The molecule has 0 saturated heterocycles. The molecule has 0 fully saturated rings. The summed E-state index contributed by atoms with van der Waals surface area (Å²) < 4.78 is 26.6. The maximum Gasteiger partial charge on any atom is 0.260 e. The molecule has 1 heterocycles. The third-order valence-electron chi connectivity index (χ3n) is 4.63. The molecule has 5 heteroatoms. The van der Waals surface area contributed by atoms with E-state index in [9.17, 15) is 18.7 Å². The standard InChI is InChI=1S/C22H15F2NO2/c1-12-2-3-14(13-4-6-15(23)7-5-13)10-18(12)20-21(26)17-9-8-16(24)11-19(17)25-22(20)27/h2-11H,1H3,(H2,25,26,27). The fraction of sp³-hybridized carbons (Fsp3) is 0.0455. The Hall–Kier alpha value is -3.47. The predicted molar refractivity (Wildman–Crippen MR) is 102 cm³/mol. The number of hydrogen-bond donors (Lipinski definition) is 2. The van der Waals surface area contributed by atoms with Crippen LogP contribution in [0.2, 0.25) is 0 Å². The Labute approximate surface area is 153 Å². The van der Waals surface area contributed by atoms with Crippen LogP contribution in [0, 0.1) is 18.6 Å². The number of benzene rings is 3. The minimum Gasteiger partial charge on any atom is -0.506 e. The van der Waals surface area contributed by atoms with E-state index >= 15 is 0 Å². The lowest BCUT2D eigenvalue weighted by Gasteiger charge is -2.12. The first-order valence-corrected chi connectivity index (χ1v) is 8.35. The second-order valence-corrected chi connectivity index (χ2v) is 6.40.